The molecule has 1 fully saturated rings. The molecule has 4 rings (SSSR count). The van der Waals surface area contributed by atoms with E-state index in [2.05, 4.69) is 25.4 Å². The number of rotatable bonds is 4. The van der Waals surface area contributed by atoms with Crippen molar-refractivity contribution in [1.29, 1.82) is 0 Å². The lowest BCUT2D eigenvalue weighted by molar-refractivity contribution is 0.262. The number of nitrogens with one attached hydrogen (secondary N) is 2. The molecule has 0 unspecified atom stereocenters. The number of carbonyl (C=O) groups excluding carboxylic acids is 1. The van der Waals surface area contributed by atoms with Gasteiger partial charge in [-0.05, 0) is 48.5 Å². The Balaban J connectivity index is 1.30. The van der Waals surface area contributed by atoms with Gasteiger partial charge in [-0.25, -0.2) is 14.2 Å². The molecule has 0 spiro atoms. The molecule has 2 heterocycles. The number of hydrogen-bond acceptors (Lipinski definition) is 4. The van der Waals surface area contributed by atoms with Crippen LogP contribution in [0.15, 0.2) is 72.9 Å². The highest BCUT2D eigenvalue weighted by molar-refractivity contribution is 5.99. The van der Waals surface area contributed by atoms with Crippen molar-refractivity contribution >= 4 is 28.9 Å². The minimum Gasteiger partial charge on any atom is -0.368 e. The number of nitrogens with zero attached hydrogens (tertiary/aromatic N) is 3. The first kappa shape index (κ1) is 18.7. The number of carbonyl (C=O) groups is 1. The molecule has 6 nitrogen and oxygen atoms in total. The molecule has 3 aromatic rings. The molecule has 0 radical (unpaired) electrons. The molecule has 2 N–H and O–H groups in total. The second kappa shape index (κ2) is 8.60. The maximum absolute atomic E-state index is 13.1. The Labute approximate surface area is 169 Å². The molecule has 7 heteroatoms. The van der Waals surface area contributed by atoms with Crippen molar-refractivity contribution < 1.29 is 9.18 Å². The van der Waals surface area contributed by atoms with Crippen LogP contribution in [0.25, 0.3) is 0 Å². The van der Waals surface area contributed by atoms with Crippen molar-refractivity contribution in [3.63, 3.8) is 0 Å². The van der Waals surface area contributed by atoms with Crippen LogP contribution in [0.1, 0.15) is 0 Å². The van der Waals surface area contributed by atoms with Crippen LogP contribution in [0.3, 0.4) is 0 Å². The molecule has 1 aliphatic heterocycles. The van der Waals surface area contributed by atoms with E-state index in [1.54, 1.807) is 12.3 Å². The Kier molecular flexibility index (Phi) is 5.56. The standard InChI is InChI=1S/C22H22FN5O/c23-17-6-8-19(9-7-17)27-12-14-28(15-13-27)20-10-11-21(24-16-20)26-22(29)25-18-4-2-1-3-5-18/h1-11,16H,12-15H2,(H2,24,25,26,29). The number of amides is 2. The number of piperazine rings is 1. The second-order valence-electron chi connectivity index (χ2n) is 6.80. The fourth-order valence-electron chi connectivity index (χ4n) is 3.32. The minimum atomic E-state index is -0.329. The summed E-state index contributed by atoms with van der Waals surface area (Å²) in [5, 5.41) is 5.50. The lowest BCUT2D eigenvalue weighted by Crippen LogP contribution is -2.46. The number of benzene rings is 2. The quantitative estimate of drug-likeness (QED) is 0.700. The molecule has 1 aliphatic rings. The van der Waals surface area contributed by atoms with Crippen LogP contribution in [0.4, 0.5) is 32.1 Å². The first-order valence-corrected chi connectivity index (χ1v) is 9.52. The lowest BCUT2D eigenvalue weighted by atomic mass is 10.2. The van der Waals surface area contributed by atoms with Crippen molar-refractivity contribution in [3.8, 4) is 0 Å². The van der Waals surface area contributed by atoms with E-state index in [1.807, 2.05) is 48.5 Å². The van der Waals surface area contributed by atoms with E-state index in [0.29, 0.717) is 5.82 Å². The first-order chi connectivity index (χ1) is 14.2. The van der Waals surface area contributed by atoms with E-state index in [4.69, 9.17) is 0 Å². The Morgan fingerprint density at radius 3 is 2.03 bits per heavy atom. The summed E-state index contributed by atoms with van der Waals surface area (Å²) >= 11 is 0. The van der Waals surface area contributed by atoms with Gasteiger partial charge in [0.2, 0.25) is 0 Å². The normalized spacial score (nSPS) is 13.8. The van der Waals surface area contributed by atoms with E-state index < -0.39 is 0 Å². The number of aromatic nitrogens is 1. The smallest absolute Gasteiger partial charge is 0.324 e. The molecule has 29 heavy (non-hydrogen) atoms. The van der Waals surface area contributed by atoms with Crippen LogP contribution in [-0.2, 0) is 0 Å². The topological polar surface area (TPSA) is 60.5 Å². The molecule has 0 bridgehead atoms. The largest absolute Gasteiger partial charge is 0.368 e. The summed E-state index contributed by atoms with van der Waals surface area (Å²) in [6.45, 7) is 3.40. The van der Waals surface area contributed by atoms with Gasteiger partial charge in [0.15, 0.2) is 0 Å². The number of hydrogen-bond donors (Lipinski definition) is 2. The Morgan fingerprint density at radius 2 is 1.41 bits per heavy atom. The molecular formula is C22H22FN5O. The average Bonchev–Trinajstić information content (AvgIpc) is 2.76. The van der Waals surface area contributed by atoms with E-state index in [1.165, 1.54) is 12.1 Å². The molecule has 0 saturated carbocycles. The maximum atomic E-state index is 13.1. The van der Waals surface area contributed by atoms with Crippen LogP contribution >= 0.6 is 0 Å². The number of pyridine rings is 1. The monoisotopic (exact) mass is 391 g/mol. The van der Waals surface area contributed by atoms with E-state index in [0.717, 1.165) is 43.2 Å². The fourth-order valence-corrected chi connectivity index (χ4v) is 3.32. The van der Waals surface area contributed by atoms with Crippen molar-refractivity contribution in [2.75, 3.05) is 46.6 Å². The van der Waals surface area contributed by atoms with Gasteiger partial charge in [0.1, 0.15) is 11.6 Å². The summed E-state index contributed by atoms with van der Waals surface area (Å²) in [7, 11) is 0. The number of urea groups is 1. The van der Waals surface area contributed by atoms with Crippen LogP contribution in [0, 0.1) is 5.82 Å². The number of anilines is 4. The third kappa shape index (κ3) is 4.82. The van der Waals surface area contributed by atoms with Gasteiger partial charge >= 0.3 is 6.03 Å². The molecule has 2 amide bonds. The Hall–Kier alpha value is -3.61. The zero-order valence-corrected chi connectivity index (χ0v) is 15.9. The zero-order valence-electron chi connectivity index (χ0n) is 15.9. The molecule has 1 aromatic heterocycles. The molecule has 148 valence electrons. The van der Waals surface area contributed by atoms with Gasteiger partial charge in [-0.15, -0.1) is 0 Å². The van der Waals surface area contributed by atoms with Gasteiger partial charge in [-0.2, -0.15) is 0 Å². The highest BCUT2D eigenvalue weighted by Gasteiger charge is 2.18. The molecule has 1 saturated heterocycles. The molecule has 2 aromatic carbocycles. The Morgan fingerprint density at radius 1 is 0.793 bits per heavy atom. The number of halogens is 1. The van der Waals surface area contributed by atoms with Gasteiger partial charge in [0.25, 0.3) is 0 Å². The van der Waals surface area contributed by atoms with Gasteiger partial charge in [-0.1, -0.05) is 18.2 Å². The van der Waals surface area contributed by atoms with Crippen LogP contribution in [-0.4, -0.2) is 37.2 Å². The van der Waals surface area contributed by atoms with Crippen molar-refractivity contribution in [2.45, 2.75) is 0 Å². The van der Waals surface area contributed by atoms with Crippen molar-refractivity contribution in [2.24, 2.45) is 0 Å². The van der Waals surface area contributed by atoms with E-state index in [9.17, 15) is 9.18 Å². The molecule has 0 aliphatic carbocycles. The van der Waals surface area contributed by atoms with Gasteiger partial charge < -0.3 is 15.1 Å². The highest BCUT2D eigenvalue weighted by Crippen LogP contribution is 2.21. The molecular weight excluding hydrogens is 369 g/mol. The summed E-state index contributed by atoms with van der Waals surface area (Å²) in [6, 6.07) is 19.3. The van der Waals surface area contributed by atoms with Crippen LogP contribution < -0.4 is 20.4 Å². The van der Waals surface area contributed by atoms with Crippen LogP contribution in [0.2, 0.25) is 0 Å². The SMILES string of the molecule is O=C(Nc1ccccc1)Nc1ccc(N2CCN(c3ccc(F)cc3)CC2)cn1. The predicted molar refractivity (Wildman–Crippen MR) is 114 cm³/mol. The van der Waals surface area contributed by atoms with E-state index in [-0.39, 0.29) is 11.8 Å². The third-order valence-corrected chi connectivity index (χ3v) is 4.86. The number of para-hydroxylation sites is 1. The zero-order chi connectivity index (χ0) is 20.1. The average molecular weight is 391 g/mol. The summed E-state index contributed by atoms with van der Waals surface area (Å²) in [5.74, 6) is 0.275. The third-order valence-electron chi connectivity index (χ3n) is 4.86. The second-order valence-corrected chi connectivity index (χ2v) is 6.80. The summed E-state index contributed by atoms with van der Waals surface area (Å²) in [6.07, 6.45) is 1.77. The summed E-state index contributed by atoms with van der Waals surface area (Å²) in [5.41, 5.74) is 2.77. The maximum Gasteiger partial charge on any atom is 0.324 e. The Bertz CT molecular complexity index is 939. The van der Waals surface area contributed by atoms with Gasteiger partial charge in [-0.3, -0.25) is 5.32 Å². The summed E-state index contributed by atoms with van der Waals surface area (Å²) in [4.78, 5) is 20.9. The predicted octanol–water partition coefficient (Wildman–Crippen LogP) is 4.19. The highest BCUT2D eigenvalue weighted by atomic mass is 19.1. The van der Waals surface area contributed by atoms with Crippen molar-refractivity contribution in [1.82, 2.24) is 4.98 Å². The van der Waals surface area contributed by atoms with Gasteiger partial charge in [0, 0.05) is 37.6 Å². The lowest BCUT2D eigenvalue weighted by Gasteiger charge is -2.37. The minimum absolute atomic E-state index is 0.218. The van der Waals surface area contributed by atoms with Crippen molar-refractivity contribution in [3.05, 3.63) is 78.7 Å². The summed E-state index contributed by atoms with van der Waals surface area (Å²) < 4.78 is 13.1. The molecule has 0 atom stereocenters. The van der Waals surface area contributed by atoms with E-state index >= 15 is 0 Å². The van der Waals surface area contributed by atoms with Crippen LogP contribution in [0.5, 0.6) is 0 Å². The van der Waals surface area contributed by atoms with Gasteiger partial charge in [0.05, 0.1) is 11.9 Å². The first-order valence-electron chi connectivity index (χ1n) is 9.52. The fraction of sp³-hybridized carbons (Fsp3) is 0.182.